The van der Waals surface area contributed by atoms with Crippen molar-refractivity contribution in [1.29, 1.82) is 0 Å². The number of hydrogen-bond acceptors (Lipinski definition) is 4. The summed E-state index contributed by atoms with van der Waals surface area (Å²) in [5, 5.41) is 3.02. The topological polar surface area (TPSA) is 92.4 Å². The summed E-state index contributed by atoms with van der Waals surface area (Å²) in [6.45, 7) is 3.35. The molecule has 0 rings (SSSR count). The third-order valence-electron chi connectivity index (χ3n) is 3.89. The van der Waals surface area contributed by atoms with Gasteiger partial charge in [-0.05, 0) is 25.8 Å². The van der Waals surface area contributed by atoms with Gasteiger partial charge in [0.1, 0.15) is 0 Å². The molecule has 0 saturated carbocycles. The van der Waals surface area contributed by atoms with Crippen molar-refractivity contribution in [3.63, 3.8) is 0 Å². The van der Waals surface area contributed by atoms with Crippen LogP contribution in [0.1, 0.15) is 77.6 Å². The number of hydrogen-bond donors (Lipinski definition) is 3. The van der Waals surface area contributed by atoms with E-state index in [0.29, 0.717) is 12.6 Å². The fraction of sp³-hybridized carbons (Fsp3) is 1.00. The van der Waals surface area contributed by atoms with E-state index in [9.17, 15) is 8.42 Å². The maximum atomic E-state index is 10.5. The zero-order chi connectivity index (χ0) is 16.7. The Balaban J connectivity index is 3.23. The molecule has 0 fully saturated rings. The van der Waals surface area contributed by atoms with E-state index in [1.807, 2.05) is 0 Å². The van der Waals surface area contributed by atoms with Gasteiger partial charge in [0.2, 0.25) is 0 Å². The van der Waals surface area contributed by atoms with Gasteiger partial charge in [-0.15, -0.1) is 0 Å². The van der Waals surface area contributed by atoms with Crippen LogP contribution in [-0.2, 0) is 10.1 Å². The molecule has 0 spiro atoms. The first kappa shape index (κ1) is 21.8. The van der Waals surface area contributed by atoms with Gasteiger partial charge in [0, 0.05) is 12.6 Å². The van der Waals surface area contributed by atoms with Gasteiger partial charge in [-0.1, -0.05) is 58.3 Å². The Kier molecular flexibility index (Phi) is 14.3. The number of nitrogens with two attached hydrogens (primary N) is 1. The summed E-state index contributed by atoms with van der Waals surface area (Å²) in [5.74, 6) is -0.212. The Morgan fingerprint density at radius 1 is 0.909 bits per heavy atom. The minimum atomic E-state index is -3.83. The van der Waals surface area contributed by atoms with E-state index in [1.54, 1.807) is 0 Å². The normalized spacial score (nSPS) is 13.4. The van der Waals surface area contributed by atoms with Crippen LogP contribution in [0.5, 0.6) is 0 Å². The van der Waals surface area contributed by atoms with E-state index < -0.39 is 10.1 Å². The molecule has 0 aliphatic heterocycles. The zero-order valence-corrected chi connectivity index (χ0v) is 15.0. The fourth-order valence-corrected chi connectivity index (χ4v) is 2.89. The smallest absolute Gasteiger partial charge is 0.266 e. The van der Waals surface area contributed by atoms with Crippen molar-refractivity contribution in [2.75, 3.05) is 18.8 Å². The van der Waals surface area contributed by atoms with Gasteiger partial charge in [-0.3, -0.25) is 4.55 Å². The van der Waals surface area contributed by atoms with Crippen molar-refractivity contribution in [2.45, 2.75) is 83.6 Å². The summed E-state index contributed by atoms with van der Waals surface area (Å²) in [6, 6.07) is 0.332. The predicted molar refractivity (Wildman–Crippen MR) is 93.7 cm³/mol. The minimum Gasteiger partial charge on any atom is -0.328 e. The van der Waals surface area contributed by atoms with Crippen LogP contribution in [0, 0.1) is 0 Å². The number of unbranched alkanes of at least 4 members (excludes halogenated alkanes) is 7. The average Bonchev–Trinajstić information content (AvgIpc) is 2.44. The second kappa shape index (κ2) is 14.4. The minimum absolute atomic E-state index is 0.212. The first-order chi connectivity index (χ1) is 10.5. The lowest BCUT2D eigenvalue weighted by Crippen LogP contribution is -2.23. The molecule has 5 nitrogen and oxygen atoms in total. The van der Waals surface area contributed by atoms with Gasteiger partial charge >= 0.3 is 0 Å². The molecule has 0 aromatic rings. The van der Waals surface area contributed by atoms with Gasteiger partial charge in [0.25, 0.3) is 10.1 Å². The fourth-order valence-electron chi connectivity index (χ4n) is 2.49. The Morgan fingerprint density at radius 3 is 2.05 bits per heavy atom. The van der Waals surface area contributed by atoms with E-state index in [1.165, 1.54) is 38.5 Å². The van der Waals surface area contributed by atoms with Crippen LogP contribution in [0.4, 0.5) is 0 Å². The highest BCUT2D eigenvalue weighted by molar-refractivity contribution is 7.85. The monoisotopic (exact) mass is 336 g/mol. The molecule has 0 aliphatic rings. The van der Waals surface area contributed by atoms with E-state index in [-0.39, 0.29) is 5.75 Å². The molecular formula is C16H36N2O3S. The molecule has 0 amide bonds. The first-order valence-corrected chi connectivity index (χ1v) is 10.5. The average molecular weight is 337 g/mol. The molecule has 134 valence electrons. The molecule has 4 N–H and O–H groups in total. The Hall–Kier alpha value is -0.170. The van der Waals surface area contributed by atoms with Gasteiger partial charge in [0.15, 0.2) is 0 Å². The predicted octanol–water partition coefficient (Wildman–Crippen LogP) is 3.10. The Bertz CT molecular complexity index is 334. The number of rotatable bonds is 16. The standard InChI is InChI=1S/C16H36N2O3S/c1-2-3-4-5-6-8-11-16(17)12-9-7-10-13-18-14-15-22(19,20)21/h16,18H,2-15,17H2,1H3,(H,19,20,21). The van der Waals surface area contributed by atoms with E-state index >= 15 is 0 Å². The van der Waals surface area contributed by atoms with Crippen LogP contribution < -0.4 is 11.1 Å². The second-order valence-electron chi connectivity index (χ2n) is 6.20. The highest BCUT2D eigenvalue weighted by Crippen LogP contribution is 2.11. The zero-order valence-electron chi connectivity index (χ0n) is 14.2. The van der Waals surface area contributed by atoms with Gasteiger partial charge in [-0.2, -0.15) is 8.42 Å². The van der Waals surface area contributed by atoms with E-state index in [2.05, 4.69) is 12.2 Å². The largest absolute Gasteiger partial charge is 0.328 e. The van der Waals surface area contributed by atoms with Crippen LogP contribution in [0.25, 0.3) is 0 Å². The van der Waals surface area contributed by atoms with Crippen LogP contribution in [0.15, 0.2) is 0 Å². The third kappa shape index (κ3) is 17.9. The number of nitrogens with one attached hydrogen (secondary N) is 1. The molecule has 0 aromatic carbocycles. The SMILES string of the molecule is CCCCCCCCC(N)CCCCCNCCS(=O)(=O)O. The molecular weight excluding hydrogens is 300 g/mol. The maximum Gasteiger partial charge on any atom is 0.266 e. The summed E-state index contributed by atoms with van der Waals surface area (Å²) in [7, 11) is -3.83. The molecule has 1 unspecified atom stereocenters. The van der Waals surface area contributed by atoms with Gasteiger partial charge < -0.3 is 11.1 Å². The van der Waals surface area contributed by atoms with E-state index in [4.69, 9.17) is 10.3 Å². The summed E-state index contributed by atoms with van der Waals surface area (Å²) in [5.41, 5.74) is 6.11. The molecule has 22 heavy (non-hydrogen) atoms. The van der Waals surface area contributed by atoms with Crippen molar-refractivity contribution in [1.82, 2.24) is 5.32 Å². The van der Waals surface area contributed by atoms with Crippen molar-refractivity contribution < 1.29 is 13.0 Å². The maximum absolute atomic E-state index is 10.5. The molecule has 6 heteroatoms. The van der Waals surface area contributed by atoms with Crippen molar-refractivity contribution in [2.24, 2.45) is 5.73 Å². The molecule has 0 radical (unpaired) electrons. The highest BCUT2D eigenvalue weighted by atomic mass is 32.2. The van der Waals surface area contributed by atoms with Crippen molar-refractivity contribution in [3.05, 3.63) is 0 Å². The van der Waals surface area contributed by atoms with Crippen LogP contribution in [0.3, 0.4) is 0 Å². The molecule has 0 aliphatic carbocycles. The quantitative estimate of drug-likeness (QED) is 0.297. The molecule has 0 saturated heterocycles. The van der Waals surface area contributed by atoms with Crippen molar-refractivity contribution >= 4 is 10.1 Å². The van der Waals surface area contributed by atoms with E-state index in [0.717, 1.165) is 38.6 Å². The lowest BCUT2D eigenvalue weighted by molar-refractivity contribution is 0.476. The van der Waals surface area contributed by atoms with Crippen LogP contribution in [-0.4, -0.2) is 37.9 Å². The summed E-state index contributed by atoms with van der Waals surface area (Å²) in [4.78, 5) is 0. The molecule has 0 aromatic heterocycles. The lowest BCUT2D eigenvalue weighted by atomic mass is 10.0. The molecule has 0 heterocycles. The summed E-state index contributed by atoms with van der Waals surface area (Å²) >= 11 is 0. The van der Waals surface area contributed by atoms with Crippen LogP contribution >= 0.6 is 0 Å². The first-order valence-electron chi connectivity index (χ1n) is 8.87. The van der Waals surface area contributed by atoms with Gasteiger partial charge in [0.05, 0.1) is 5.75 Å². The Labute approximate surface area is 137 Å². The summed E-state index contributed by atoms with van der Waals surface area (Å²) < 4.78 is 29.6. The molecule has 1 atom stereocenters. The highest BCUT2D eigenvalue weighted by Gasteiger charge is 2.03. The van der Waals surface area contributed by atoms with Crippen LogP contribution in [0.2, 0.25) is 0 Å². The summed E-state index contributed by atoms with van der Waals surface area (Å²) in [6.07, 6.45) is 13.4. The van der Waals surface area contributed by atoms with Gasteiger partial charge in [-0.25, -0.2) is 0 Å². The lowest BCUT2D eigenvalue weighted by Gasteiger charge is -2.11. The molecule has 0 bridgehead atoms. The Morgan fingerprint density at radius 2 is 1.45 bits per heavy atom. The second-order valence-corrected chi connectivity index (χ2v) is 7.77. The third-order valence-corrected chi connectivity index (χ3v) is 4.61. The van der Waals surface area contributed by atoms with Crippen molar-refractivity contribution in [3.8, 4) is 0 Å².